The minimum absolute atomic E-state index is 0.0502. The van der Waals surface area contributed by atoms with Crippen LogP contribution in [0, 0.1) is 17.2 Å². The molecular formula is C29H37FN2O3. The van der Waals surface area contributed by atoms with Crippen molar-refractivity contribution in [3.05, 3.63) is 53.3 Å². The molecule has 1 amide bonds. The Morgan fingerprint density at radius 2 is 1.80 bits per heavy atom. The molecule has 2 aromatic carbocycles. The van der Waals surface area contributed by atoms with Crippen molar-refractivity contribution in [2.45, 2.75) is 71.6 Å². The van der Waals surface area contributed by atoms with Crippen LogP contribution in [0.5, 0.6) is 5.75 Å². The van der Waals surface area contributed by atoms with Crippen molar-refractivity contribution in [2.24, 2.45) is 11.3 Å². The highest BCUT2D eigenvalue weighted by molar-refractivity contribution is 5.70. The molecule has 2 atom stereocenters. The summed E-state index contributed by atoms with van der Waals surface area (Å²) in [5, 5.41) is 3.08. The predicted octanol–water partition coefficient (Wildman–Crippen LogP) is 6.11. The maximum atomic E-state index is 15.4. The molecule has 5 nitrogen and oxygen atoms in total. The third-order valence-electron chi connectivity index (χ3n) is 7.67. The van der Waals surface area contributed by atoms with Crippen molar-refractivity contribution in [3.8, 4) is 16.9 Å². The number of halogens is 1. The Morgan fingerprint density at radius 3 is 2.40 bits per heavy atom. The van der Waals surface area contributed by atoms with Gasteiger partial charge in [-0.25, -0.2) is 9.18 Å². The molecule has 0 spiro atoms. The molecule has 3 aliphatic heterocycles. The van der Waals surface area contributed by atoms with Crippen LogP contribution in [0.15, 0.2) is 36.4 Å². The number of fused-ring (bicyclic) bond motifs is 4. The molecule has 2 bridgehead atoms. The van der Waals surface area contributed by atoms with Gasteiger partial charge in [-0.3, -0.25) is 4.90 Å². The molecule has 3 fully saturated rings. The van der Waals surface area contributed by atoms with Crippen molar-refractivity contribution in [2.75, 3.05) is 19.6 Å². The van der Waals surface area contributed by atoms with E-state index in [1.165, 1.54) is 0 Å². The normalized spacial score (nSPS) is 26.8. The minimum Gasteiger partial charge on any atom is -0.488 e. The van der Waals surface area contributed by atoms with E-state index in [0.29, 0.717) is 11.5 Å². The van der Waals surface area contributed by atoms with Crippen LogP contribution < -0.4 is 10.1 Å². The Kier molecular flexibility index (Phi) is 6.07. The first-order valence-electron chi connectivity index (χ1n) is 12.8. The Labute approximate surface area is 208 Å². The van der Waals surface area contributed by atoms with E-state index < -0.39 is 6.09 Å². The second-order valence-electron chi connectivity index (χ2n) is 12.1. The lowest BCUT2D eigenvalue weighted by Gasteiger charge is -2.44. The molecule has 3 heterocycles. The third kappa shape index (κ3) is 5.04. The van der Waals surface area contributed by atoms with Crippen molar-refractivity contribution in [3.63, 3.8) is 0 Å². The Bertz CT molecular complexity index is 1100. The first-order valence-corrected chi connectivity index (χ1v) is 12.8. The van der Waals surface area contributed by atoms with E-state index in [1.807, 2.05) is 51.1 Å². The molecule has 4 aliphatic rings. The quantitative estimate of drug-likeness (QED) is 0.573. The van der Waals surface area contributed by atoms with Gasteiger partial charge in [0, 0.05) is 12.1 Å². The predicted molar refractivity (Wildman–Crippen MR) is 135 cm³/mol. The number of ether oxygens (including phenoxy) is 2. The average molecular weight is 481 g/mol. The zero-order chi connectivity index (χ0) is 25.0. The fourth-order valence-electron chi connectivity index (χ4n) is 5.95. The van der Waals surface area contributed by atoms with E-state index in [0.717, 1.165) is 61.3 Å². The number of piperidine rings is 3. The lowest BCUT2D eigenvalue weighted by atomic mass is 9.85. The van der Waals surface area contributed by atoms with E-state index in [1.54, 1.807) is 6.07 Å². The number of carbonyl (C=O) groups is 1. The smallest absolute Gasteiger partial charge is 0.407 e. The van der Waals surface area contributed by atoms with Gasteiger partial charge in [0.05, 0.1) is 6.04 Å². The van der Waals surface area contributed by atoms with E-state index in [9.17, 15) is 4.79 Å². The fourth-order valence-corrected chi connectivity index (χ4v) is 5.95. The van der Waals surface area contributed by atoms with Gasteiger partial charge < -0.3 is 14.8 Å². The van der Waals surface area contributed by atoms with Crippen LogP contribution >= 0.6 is 0 Å². The van der Waals surface area contributed by atoms with Crippen LogP contribution in [0.3, 0.4) is 0 Å². The number of amides is 1. The van der Waals surface area contributed by atoms with Crippen molar-refractivity contribution < 1.29 is 18.7 Å². The number of hydrogen-bond donors (Lipinski definition) is 1. The summed E-state index contributed by atoms with van der Waals surface area (Å²) in [6.07, 6.45) is 2.49. The number of benzene rings is 2. The zero-order valence-corrected chi connectivity index (χ0v) is 21.5. The van der Waals surface area contributed by atoms with Gasteiger partial charge in [0.15, 0.2) is 0 Å². The van der Waals surface area contributed by atoms with Crippen LogP contribution in [0.1, 0.15) is 64.6 Å². The maximum Gasteiger partial charge on any atom is 0.407 e. The van der Waals surface area contributed by atoms with Gasteiger partial charge >= 0.3 is 6.09 Å². The summed E-state index contributed by atoms with van der Waals surface area (Å²) in [7, 11) is 0. The zero-order valence-electron chi connectivity index (χ0n) is 21.5. The largest absolute Gasteiger partial charge is 0.488 e. The van der Waals surface area contributed by atoms with Gasteiger partial charge in [-0.15, -0.1) is 0 Å². The molecule has 35 heavy (non-hydrogen) atoms. The molecule has 0 saturated carbocycles. The summed E-state index contributed by atoms with van der Waals surface area (Å²) in [5.41, 5.74) is 2.75. The Hall–Kier alpha value is -2.60. The highest BCUT2D eigenvalue weighted by Crippen LogP contribution is 2.47. The van der Waals surface area contributed by atoms with Crippen LogP contribution in [0.2, 0.25) is 0 Å². The summed E-state index contributed by atoms with van der Waals surface area (Å²) in [4.78, 5) is 15.3. The number of hydrogen-bond acceptors (Lipinski definition) is 4. The molecule has 0 unspecified atom stereocenters. The molecule has 2 aromatic rings. The first kappa shape index (κ1) is 24.1. The standard InChI is InChI=1S/C29H37FN2O3/c1-28(2,3)35-21-8-6-18(7-9-21)22-14-20-16-29(4,5)26(23(20)15-24(22)30)31-27(33)34-25-17-32-12-10-19(25)11-13-32/h6-9,14-15,19,25-26H,10-13,16-17H2,1-5H3,(H,31,33)/t25-,26-/m0/s1. The van der Waals surface area contributed by atoms with Crippen molar-refractivity contribution in [1.29, 1.82) is 0 Å². The number of carbonyl (C=O) groups excluding carboxylic acids is 1. The number of nitrogens with zero attached hydrogens (tertiary/aromatic N) is 1. The average Bonchev–Trinajstić information content (AvgIpc) is 3.02. The lowest BCUT2D eigenvalue weighted by molar-refractivity contribution is -0.0349. The lowest BCUT2D eigenvalue weighted by Crippen LogP contribution is -2.53. The Morgan fingerprint density at radius 1 is 1.11 bits per heavy atom. The van der Waals surface area contributed by atoms with Gasteiger partial charge in [0.25, 0.3) is 0 Å². The molecule has 188 valence electrons. The fraction of sp³-hybridized carbons (Fsp3) is 0.552. The van der Waals surface area contributed by atoms with Crippen LogP contribution in [0.4, 0.5) is 9.18 Å². The van der Waals surface area contributed by atoms with E-state index >= 15 is 4.39 Å². The molecule has 1 aliphatic carbocycles. The highest BCUT2D eigenvalue weighted by atomic mass is 19.1. The summed E-state index contributed by atoms with van der Waals surface area (Å²) < 4.78 is 27.1. The Balaban J connectivity index is 1.33. The minimum atomic E-state index is -0.395. The number of alkyl carbamates (subject to hydrolysis) is 1. The van der Waals surface area contributed by atoms with Crippen LogP contribution in [0.25, 0.3) is 11.1 Å². The third-order valence-corrected chi connectivity index (χ3v) is 7.67. The monoisotopic (exact) mass is 480 g/mol. The molecule has 0 radical (unpaired) electrons. The number of rotatable bonds is 4. The van der Waals surface area contributed by atoms with E-state index in [4.69, 9.17) is 9.47 Å². The van der Waals surface area contributed by atoms with Crippen LogP contribution in [-0.2, 0) is 11.2 Å². The first-order chi connectivity index (χ1) is 16.5. The molecular weight excluding hydrogens is 443 g/mol. The summed E-state index contributed by atoms with van der Waals surface area (Å²) in [6.45, 7) is 13.2. The highest BCUT2D eigenvalue weighted by Gasteiger charge is 2.42. The SMILES string of the molecule is CC(C)(C)Oc1ccc(-c2cc3c(cc2F)[C@H](NC(=O)O[C@H]2CN4CCC2CC4)C(C)(C)C3)cc1. The van der Waals surface area contributed by atoms with Gasteiger partial charge in [-0.2, -0.15) is 0 Å². The maximum absolute atomic E-state index is 15.4. The topological polar surface area (TPSA) is 50.8 Å². The van der Waals surface area contributed by atoms with Crippen molar-refractivity contribution in [1.82, 2.24) is 10.2 Å². The second-order valence-corrected chi connectivity index (χ2v) is 12.1. The van der Waals surface area contributed by atoms with Crippen LogP contribution in [-0.4, -0.2) is 42.3 Å². The summed E-state index contributed by atoms with van der Waals surface area (Å²) in [5.74, 6) is 0.924. The molecule has 6 heteroatoms. The van der Waals surface area contributed by atoms with Gasteiger partial charge in [0.1, 0.15) is 23.3 Å². The number of nitrogens with one attached hydrogen (secondary N) is 1. The second kappa shape index (κ2) is 8.81. The van der Waals surface area contributed by atoms with E-state index in [-0.39, 0.29) is 29.0 Å². The summed E-state index contributed by atoms with van der Waals surface area (Å²) in [6, 6.07) is 10.8. The van der Waals surface area contributed by atoms with Gasteiger partial charge in [-0.05, 0) is 105 Å². The summed E-state index contributed by atoms with van der Waals surface area (Å²) >= 11 is 0. The van der Waals surface area contributed by atoms with Crippen molar-refractivity contribution >= 4 is 6.09 Å². The van der Waals surface area contributed by atoms with Gasteiger partial charge in [-0.1, -0.05) is 26.0 Å². The molecule has 6 rings (SSSR count). The van der Waals surface area contributed by atoms with Gasteiger partial charge in [0.2, 0.25) is 0 Å². The molecule has 3 saturated heterocycles. The van der Waals surface area contributed by atoms with E-state index in [2.05, 4.69) is 24.1 Å². The molecule has 1 N–H and O–H groups in total. The molecule has 0 aromatic heterocycles.